The number of aryl methyl sites for hydroxylation is 4. The minimum absolute atomic E-state index is 0.331. The molecule has 0 aliphatic rings. The van der Waals surface area contributed by atoms with Crippen molar-refractivity contribution in [3.05, 3.63) is 264 Å². The molecule has 346 valence electrons. The van der Waals surface area contributed by atoms with Gasteiger partial charge in [-0.3, -0.25) is 0 Å². The molecule has 72 heavy (non-hydrogen) atoms. The smallest absolute Gasteiger partial charge is 0.147 e. The molecule has 0 N–H and O–H groups in total. The molecule has 0 spiro atoms. The van der Waals surface area contributed by atoms with E-state index in [1.807, 2.05) is 24.3 Å². The Bertz CT molecular complexity index is 3650. The number of nitrogens with zero attached hydrogens (tertiary/aromatic N) is 2. The van der Waals surface area contributed by atoms with Crippen molar-refractivity contribution in [2.24, 2.45) is 0 Å². The first-order valence-electron chi connectivity index (χ1n) is 24.5. The minimum Gasteiger partial charge on any atom is -0.307 e. The fourth-order valence-electron chi connectivity index (χ4n) is 10.7. The SMILES string of the molecule is Cc1cccc(-c2cc(-c3cccc(C)c3)cc(N(c3ccccc3F)c3ccc4ccc5c(N(c6cc(-c7cccc(C)c7)cc(-c7cccc(C)c7)c6)c6ccccc6F)ccc6ccc3c4c65)c2)c1. The van der Waals surface area contributed by atoms with Crippen LogP contribution < -0.4 is 9.80 Å². The van der Waals surface area contributed by atoms with Crippen LogP contribution in [0.3, 0.4) is 0 Å². The number of hydrogen-bond donors (Lipinski definition) is 0. The fraction of sp³-hybridized carbons (Fsp3) is 0.0588. The van der Waals surface area contributed by atoms with Crippen LogP contribution >= 0.6 is 0 Å². The molecule has 0 aliphatic carbocycles. The quantitative estimate of drug-likeness (QED) is 0.126. The first-order valence-corrected chi connectivity index (χ1v) is 24.5. The summed E-state index contributed by atoms with van der Waals surface area (Å²) in [6.45, 7) is 8.43. The molecule has 12 aromatic carbocycles. The summed E-state index contributed by atoms with van der Waals surface area (Å²) in [5.74, 6) is -0.663. The van der Waals surface area contributed by atoms with Crippen LogP contribution in [0.5, 0.6) is 0 Å². The maximum absolute atomic E-state index is 16.7. The van der Waals surface area contributed by atoms with Crippen molar-refractivity contribution in [2.45, 2.75) is 27.7 Å². The van der Waals surface area contributed by atoms with Crippen molar-refractivity contribution in [1.29, 1.82) is 0 Å². The number of benzene rings is 12. The van der Waals surface area contributed by atoms with E-state index in [-0.39, 0.29) is 11.6 Å². The third-order valence-electron chi connectivity index (χ3n) is 14.0. The predicted molar refractivity (Wildman–Crippen MR) is 300 cm³/mol. The van der Waals surface area contributed by atoms with Gasteiger partial charge in [0.05, 0.1) is 22.7 Å². The van der Waals surface area contributed by atoms with Crippen LogP contribution in [0.1, 0.15) is 22.3 Å². The van der Waals surface area contributed by atoms with Gasteiger partial charge in [0, 0.05) is 22.1 Å². The highest BCUT2D eigenvalue weighted by Crippen LogP contribution is 2.50. The van der Waals surface area contributed by atoms with Gasteiger partial charge < -0.3 is 9.80 Å². The van der Waals surface area contributed by atoms with Gasteiger partial charge >= 0.3 is 0 Å². The highest BCUT2D eigenvalue weighted by atomic mass is 19.1. The summed E-state index contributed by atoms with van der Waals surface area (Å²) in [5.41, 5.74) is 17.3. The number of para-hydroxylation sites is 2. The van der Waals surface area contributed by atoms with E-state index < -0.39 is 0 Å². The van der Waals surface area contributed by atoms with Gasteiger partial charge in [-0.1, -0.05) is 180 Å². The Hall–Kier alpha value is -8.86. The minimum atomic E-state index is -0.331. The van der Waals surface area contributed by atoms with Crippen LogP contribution in [0.2, 0.25) is 0 Å². The molecular formula is C68H50F2N2. The van der Waals surface area contributed by atoms with Gasteiger partial charge in [-0.05, 0) is 167 Å². The van der Waals surface area contributed by atoms with Gasteiger partial charge in [0.2, 0.25) is 0 Å². The number of hydrogen-bond acceptors (Lipinski definition) is 2. The van der Waals surface area contributed by atoms with E-state index in [4.69, 9.17) is 0 Å². The third kappa shape index (κ3) is 8.11. The van der Waals surface area contributed by atoms with E-state index in [9.17, 15) is 0 Å². The molecule has 0 aliphatic heterocycles. The van der Waals surface area contributed by atoms with Crippen molar-refractivity contribution in [3.8, 4) is 44.5 Å². The molecule has 12 rings (SSSR count). The van der Waals surface area contributed by atoms with Crippen molar-refractivity contribution < 1.29 is 8.78 Å². The molecule has 0 unspecified atom stereocenters. The Morgan fingerprint density at radius 3 is 0.903 bits per heavy atom. The van der Waals surface area contributed by atoms with Crippen LogP contribution in [0.15, 0.2) is 231 Å². The Labute approximate surface area is 419 Å². The summed E-state index contributed by atoms with van der Waals surface area (Å²) in [6.07, 6.45) is 0. The number of anilines is 6. The largest absolute Gasteiger partial charge is 0.307 e. The van der Waals surface area contributed by atoms with Gasteiger partial charge in [0.15, 0.2) is 0 Å². The summed E-state index contributed by atoms with van der Waals surface area (Å²) in [4.78, 5) is 4.16. The molecular weight excluding hydrogens is 883 g/mol. The molecule has 0 aromatic heterocycles. The molecule has 0 saturated carbocycles. The van der Waals surface area contributed by atoms with E-state index in [0.717, 1.165) is 122 Å². The van der Waals surface area contributed by atoms with Gasteiger partial charge in [-0.2, -0.15) is 0 Å². The normalized spacial score (nSPS) is 11.5. The summed E-state index contributed by atoms with van der Waals surface area (Å²) < 4.78 is 33.4. The summed E-state index contributed by atoms with van der Waals surface area (Å²) in [7, 11) is 0. The predicted octanol–water partition coefficient (Wildman–Crippen LogP) is 19.7. The lowest BCUT2D eigenvalue weighted by Crippen LogP contribution is -2.13. The highest BCUT2D eigenvalue weighted by Gasteiger charge is 2.25. The van der Waals surface area contributed by atoms with Crippen LogP contribution in [0.25, 0.3) is 76.8 Å². The second-order valence-electron chi connectivity index (χ2n) is 19.2. The second kappa shape index (κ2) is 18.1. The average Bonchev–Trinajstić information content (AvgIpc) is 3.39. The Balaban J connectivity index is 1.11. The fourth-order valence-corrected chi connectivity index (χ4v) is 10.7. The maximum Gasteiger partial charge on any atom is 0.147 e. The number of rotatable bonds is 10. The first-order chi connectivity index (χ1) is 35.1. The Morgan fingerprint density at radius 1 is 0.264 bits per heavy atom. The Morgan fingerprint density at radius 2 is 0.583 bits per heavy atom. The van der Waals surface area contributed by atoms with Crippen LogP contribution in [0, 0.1) is 39.3 Å². The summed E-state index contributed by atoms with van der Waals surface area (Å²) in [6, 6.07) is 78.6. The molecule has 0 saturated heterocycles. The standard InChI is InChI=1S/C68H50F2N2/c1-43-13-9-17-49(33-43)53-37-54(50-18-10-14-44(2)34-50)40-57(39-53)71(65-23-7-5-21-61(65)69)63-31-27-47-26-30-60-64(32-28-48-25-29-59(63)67(47)68(48)60)72(66-24-8-6-22-62(66)70)58-41-55(51-19-11-15-45(3)35-51)38-56(42-58)52-20-12-16-46(4)36-52/h5-42H,1-4H3. The molecule has 12 aromatic rings. The highest BCUT2D eigenvalue weighted by molar-refractivity contribution is 6.28. The van der Waals surface area contributed by atoms with Gasteiger partial charge in [0.25, 0.3) is 0 Å². The molecule has 4 heteroatoms. The summed E-state index contributed by atoms with van der Waals surface area (Å²) in [5, 5.41) is 6.11. The molecule has 0 radical (unpaired) electrons. The second-order valence-corrected chi connectivity index (χ2v) is 19.2. The van der Waals surface area contributed by atoms with Crippen molar-refractivity contribution in [3.63, 3.8) is 0 Å². The molecule has 0 atom stereocenters. The van der Waals surface area contributed by atoms with Crippen LogP contribution in [-0.4, -0.2) is 0 Å². The van der Waals surface area contributed by atoms with Crippen molar-refractivity contribution in [1.82, 2.24) is 0 Å². The topological polar surface area (TPSA) is 6.48 Å². The number of halogens is 2. The molecule has 0 bridgehead atoms. The van der Waals surface area contributed by atoms with Crippen LogP contribution in [0.4, 0.5) is 42.9 Å². The van der Waals surface area contributed by atoms with Crippen LogP contribution in [-0.2, 0) is 0 Å². The average molecular weight is 933 g/mol. The third-order valence-corrected chi connectivity index (χ3v) is 14.0. The van der Waals surface area contributed by atoms with E-state index in [2.05, 4.69) is 219 Å². The van der Waals surface area contributed by atoms with Crippen molar-refractivity contribution >= 4 is 66.4 Å². The lowest BCUT2D eigenvalue weighted by atomic mass is 9.91. The van der Waals surface area contributed by atoms with E-state index in [0.29, 0.717) is 11.4 Å². The first kappa shape index (κ1) is 44.4. The lowest BCUT2D eigenvalue weighted by molar-refractivity contribution is 0.628. The van der Waals surface area contributed by atoms with Gasteiger partial charge in [0.1, 0.15) is 11.6 Å². The molecule has 2 nitrogen and oxygen atoms in total. The van der Waals surface area contributed by atoms with Gasteiger partial charge in [-0.15, -0.1) is 0 Å². The zero-order valence-corrected chi connectivity index (χ0v) is 40.6. The molecule has 0 amide bonds. The maximum atomic E-state index is 16.7. The monoisotopic (exact) mass is 932 g/mol. The summed E-state index contributed by atoms with van der Waals surface area (Å²) >= 11 is 0. The van der Waals surface area contributed by atoms with Gasteiger partial charge in [-0.25, -0.2) is 8.78 Å². The van der Waals surface area contributed by atoms with E-state index in [1.165, 1.54) is 12.1 Å². The lowest BCUT2D eigenvalue weighted by Gasteiger charge is -2.30. The zero-order chi connectivity index (χ0) is 49.0. The van der Waals surface area contributed by atoms with E-state index in [1.54, 1.807) is 12.1 Å². The zero-order valence-electron chi connectivity index (χ0n) is 40.6. The van der Waals surface area contributed by atoms with Crippen molar-refractivity contribution in [2.75, 3.05) is 9.80 Å². The van der Waals surface area contributed by atoms with E-state index >= 15 is 8.78 Å². The Kier molecular flexibility index (Phi) is 11.2. The molecule has 0 fully saturated rings. The molecule has 0 heterocycles.